The van der Waals surface area contributed by atoms with E-state index < -0.39 is 11.7 Å². The third-order valence-electron chi connectivity index (χ3n) is 4.34. The van der Waals surface area contributed by atoms with Crippen molar-refractivity contribution in [1.82, 2.24) is 20.1 Å². The van der Waals surface area contributed by atoms with Crippen LogP contribution in [0.5, 0.6) is 5.75 Å². The minimum absolute atomic E-state index is 0.130. The van der Waals surface area contributed by atoms with Crippen LogP contribution < -0.4 is 10.1 Å². The Balaban J connectivity index is 1.70. The van der Waals surface area contributed by atoms with E-state index in [0.717, 1.165) is 12.3 Å². The van der Waals surface area contributed by atoms with Crippen LogP contribution in [0.3, 0.4) is 0 Å². The van der Waals surface area contributed by atoms with Crippen molar-refractivity contribution in [2.24, 2.45) is 0 Å². The summed E-state index contributed by atoms with van der Waals surface area (Å²) in [5.74, 6) is 0.289. The molecule has 0 saturated carbocycles. The SMILES string of the molecule is CC(C)c1c(C(=O)NCCOc2cccc(Cl)c2)cnn1-c1ccc(C(F)(F)F)cn1. The predicted octanol–water partition coefficient (Wildman–Crippen LogP) is 4.87. The van der Waals surface area contributed by atoms with Crippen LogP contribution in [-0.2, 0) is 6.18 Å². The Morgan fingerprint density at radius 1 is 1.23 bits per heavy atom. The second kappa shape index (κ2) is 9.38. The number of carbonyl (C=O) groups is 1. The number of nitrogens with zero attached hydrogens (tertiary/aromatic N) is 3. The van der Waals surface area contributed by atoms with Crippen LogP contribution in [0.15, 0.2) is 48.8 Å². The summed E-state index contributed by atoms with van der Waals surface area (Å²) in [7, 11) is 0. The lowest BCUT2D eigenvalue weighted by molar-refractivity contribution is -0.137. The van der Waals surface area contributed by atoms with E-state index in [2.05, 4.69) is 15.4 Å². The van der Waals surface area contributed by atoms with Crippen molar-refractivity contribution >= 4 is 17.5 Å². The first-order valence-corrected chi connectivity index (χ1v) is 9.82. The summed E-state index contributed by atoms with van der Waals surface area (Å²) < 4.78 is 45.3. The quantitative estimate of drug-likeness (QED) is 0.519. The fourth-order valence-corrected chi connectivity index (χ4v) is 3.12. The number of benzene rings is 1. The van der Waals surface area contributed by atoms with Gasteiger partial charge in [-0.05, 0) is 36.2 Å². The molecule has 0 saturated heterocycles. The molecule has 1 aromatic carbocycles. The summed E-state index contributed by atoms with van der Waals surface area (Å²) >= 11 is 5.90. The minimum atomic E-state index is -4.48. The number of aromatic nitrogens is 3. The molecule has 0 radical (unpaired) electrons. The average Bonchev–Trinajstić information content (AvgIpc) is 3.16. The zero-order valence-corrected chi connectivity index (χ0v) is 17.5. The van der Waals surface area contributed by atoms with Crippen LogP contribution in [0.1, 0.15) is 41.4 Å². The molecule has 0 aliphatic heterocycles. The van der Waals surface area contributed by atoms with Crippen LogP contribution in [0.25, 0.3) is 5.82 Å². The van der Waals surface area contributed by atoms with Crippen molar-refractivity contribution in [2.45, 2.75) is 25.9 Å². The second-order valence-corrected chi connectivity index (χ2v) is 7.41. The number of carbonyl (C=O) groups excluding carboxylic acids is 1. The highest BCUT2D eigenvalue weighted by Gasteiger charge is 2.31. The first kappa shape index (κ1) is 22.6. The lowest BCUT2D eigenvalue weighted by atomic mass is 10.1. The van der Waals surface area contributed by atoms with Crippen LogP contribution in [-0.4, -0.2) is 33.8 Å². The summed E-state index contributed by atoms with van der Waals surface area (Å²) in [5.41, 5.74) is 0.00662. The van der Waals surface area contributed by atoms with Crippen LogP contribution in [0, 0.1) is 0 Å². The molecule has 10 heteroatoms. The van der Waals surface area contributed by atoms with Gasteiger partial charge in [0.15, 0.2) is 5.82 Å². The normalized spacial score (nSPS) is 11.6. The molecule has 3 rings (SSSR count). The fourth-order valence-electron chi connectivity index (χ4n) is 2.94. The topological polar surface area (TPSA) is 69.0 Å². The number of halogens is 4. The van der Waals surface area contributed by atoms with E-state index in [1.165, 1.54) is 16.9 Å². The molecule has 164 valence electrons. The zero-order valence-electron chi connectivity index (χ0n) is 16.8. The van der Waals surface area contributed by atoms with Crippen molar-refractivity contribution in [2.75, 3.05) is 13.2 Å². The summed E-state index contributed by atoms with van der Waals surface area (Å²) in [6.07, 6.45) is -2.36. The van der Waals surface area contributed by atoms with Crippen molar-refractivity contribution in [3.05, 3.63) is 70.6 Å². The van der Waals surface area contributed by atoms with Gasteiger partial charge in [0, 0.05) is 11.2 Å². The number of hydrogen-bond acceptors (Lipinski definition) is 4. The number of amides is 1. The maximum Gasteiger partial charge on any atom is 0.417 e. The molecule has 0 bridgehead atoms. The molecule has 31 heavy (non-hydrogen) atoms. The number of nitrogens with one attached hydrogen (secondary N) is 1. The van der Waals surface area contributed by atoms with Crippen LogP contribution in [0.2, 0.25) is 5.02 Å². The Labute approximate surface area is 182 Å². The smallest absolute Gasteiger partial charge is 0.417 e. The van der Waals surface area contributed by atoms with Gasteiger partial charge in [0.2, 0.25) is 0 Å². The molecule has 0 atom stereocenters. The molecule has 0 fully saturated rings. The van der Waals surface area contributed by atoms with Gasteiger partial charge >= 0.3 is 6.18 Å². The van der Waals surface area contributed by atoms with E-state index in [4.69, 9.17) is 16.3 Å². The van der Waals surface area contributed by atoms with Crippen molar-refractivity contribution in [3.63, 3.8) is 0 Å². The summed E-state index contributed by atoms with van der Waals surface area (Å²) in [6.45, 7) is 4.19. The molecular weight excluding hydrogens is 433 g/mol. The highest BCUT2D eigenvalue weighted by Crippen LogP contribution is 2.29. The second-order valence-electron chi connectivity index (χ2n) is 6.97. The van der Waals surface area contributed by atoms with Crippen molar-refractivity contribution in [3.8, 4) is 11.6 Å². The van der Waals surface area contributed by atoms with Gasteiger partial charge in [-0.1, -0.05) is 31.5 Å². The summed E-state index contributed by atoms with van der Waals surface area (Å²) in [5, 5.41) is 7.47. The first-order chi connectivity index (χ1) is 14.7. The Hall–Kier alpha value is -3.07. The van der Waals surface area contributed by atoms with E-state index >= 15 is 0 Å². The number of ether oxygens (including phenoxy) is 1. The van der Waals surface area contributed by atoms with Gasteiger partial charge in [-0.25, -0.2) is 9.67 Å². The van der Waals surface area contributed by atoms with E-state index in [9.17, 15) is 18.0 Å². The third-order valence-corrected chi connectivity index (χ3v) is 4.58. The molecule has 0 aliphatic rings. The molecule has 0 aliphatic carbocycles. The maximum atomic E-state index is 12.8. The largest absolute Gasteiger partial charge is 0.492 e. The van der Waals surface area contributed by atoms with Gasteiger partial charge in [0.1, 0.15) is 12.4 Å². The van der Waals surface area contributed by atoms with Crippen molar-refractivity contribution < 1.29 is 22.7 Å². The number of rotatable bonds is 7. The van der Waals surface area contributed by atoms with E-state index in [0.29, 0.717) is 22.0 Å². The Kier molecular flexibility index (Phi) is 6.84. The number of alkyl halides is 3. The fraction of sp³-hybridized carbons (Fsp3) is 0.286. The van der Waals surface area contributed by atoms with E-state index in [1.54, 1.807) is 24.3 Å². The minimum Gasteiger partial charge on any atom is -0.492 e. The lowest BCUT2D eigenvalue weighted by Crippen LogP contribution is -2.29. The molecular formula is C21H20ClF3N4O2. The van der Waals surface area contributed by atoms with Gasteiger partial charge in [0.25, 0.3) is 5.91 Å². The van der Waals surface area contributed by atoms with Crippen LogP contribution >= 0.6 is 11.6 Å². The summed E-state index contributed by atoms with van der Waals surface area (Å²) in [6, 6.07) is 9.07. The van der Waals surface area contributed by atoms with Crippen molar-refractivity contribution in [1.29, 1.82) is 0 Å². The van der Waals surface area contributed by atoms with Crippen LogP contribution in [0.4, 0.5) is 13.2 Å². The van der Waals surface area contributed by atoms with Gasteiger partial charge in [-0.2, -0.15) is 18.3 Å². The van der Waals surface area contributed by atoms with Gasteiger partial charge in [-0.3, -0.25) is 4.79 Å². The molecule has 0 unspecified atom stereocenters. The number of pyridine rings is 1. The average molecular weight is 453 g/mol. The van der Waals surface area contributed by atoms with Gasteiger partial charge in [0.05, 0.1) is 29.6 Å². The van der Waals surface area contributed by atoms with E-state index in [1.807, 2.05) is 13.8 Å². The first-order valence-electron chi connectivity index (χ1n) is 9.45. The maximum absolute atomic E-state index is 12.8. The molecule has 0 spiro atoms. The summed E-state index contributed by atoms with van der Waals surface area (Å²) in [4.78, 5) is 16.5. The molecule has 3 aromatic rings. The molecule has 1 N–H and O–H groups in total. The molecule has 2 heterocycles. The Morgan fingerprint density at radius 2 is 2.00 bits per heavy atom. The standard InChI is InChI=1S/C21H20ClF3N4O2/c1-13(2)19-17(20(30)26-8-9-31-16-5-3-4-15(22)10-16)12-28-29(19)18-7-6-14(11-27-18)21(23,24)25/h3-7,10-13H,8-9H2,1-2H3,(H,26,30). The van der Waals surface area contributed by atoms with E-state index in [-0.39, 0.29) is 30.8 Å². The molecule has 1 amide bonds. The van der Waals surface area contributed by atoms with Gasteiger partial charge in [-0.15, -0.1) is 0 Å². The highest BCUT2D eigenvalue weighted by atomic mass is 35.5. The Morgan fingerprint density at radius 3 is 2.61 bits per heavy atom. The highest BCUT2D eigenvalue weighted by molar-refractivity contribution is 6.30. The Bertz CT molecular complexity index is 1050. The number of hydrogen-bond donors (Lipinski definition) is 1. The third kappa shape index (κ3) is 5.55. The monoisotopic (exact) mass is 452 g/mol. The predicted molar refractivity (Wildman–Crippen MR) is 110 cm³/mol. The molecule has 6 nitrogen and oxygen atoms in total. The molecule has 2 aromatic heterocycles. The lowest BCUT2D eigenvalue weighted by Gasteiger charge is -2.13. The zero-order chi connectivity index (χ0) is 22.6. The van der Waals surface area contributed by atoms with Gasteiger partial charge < -0.3 is 10.1 Å².